The molecule has 0 spiro atoms. The Balaban J connectivity index is 2.11. The van der Waals surface area contributed by atoms with Crippen molar-refractivity contribution in [1.29, 1.82) is 0 Å². The SMILES string of the molecule is CCC(CC)COC1CCC(N)C1. The maximum absolute atomic E-state index is 5.84. The fourth-order valence-electron chi connectivity index (χ4n) is 1.92. The van der Waals surface area contributed by atoms with Crippen LogP contribution >= 0.6 is 0 Å². The molecule has 78 valence electrons. The number of nitrogens with two attached hydrogens (primary N) is 1. The van der Waals surface area contributed by atoms with Crippen molar-refractivity contribution in [3.05, 3.63) is 0 Å². The highest BCUT2D eigenvalue weighted by atomic mass is 16.5. The number of rotatable bonds is 5. The highest BCUT2D eigenvalue weighted by Gasteiger charge is 2.22. The molecule has 1 rings (SSSR count). The third kappa shape index (κ3) is 3.65. The van der Waals surface area contributed by atoms with Crippen LogP contribution in [-0.2, 0) is 4.74 Å². The van der Waals surface area contributed by atoms with Gasteiger partial charge in [0.05, 0.1) is 6.10 Å². The molecule has 0 amide bonds. The van der Waals surface area contributed by atoms with Crippen molar-refractivity contribution in [3.63, 3.8) is 0 Å². The summed E-state index contributed by atoms with van der Waals surface area (Å²) in [4.78, 5) is 0. The zero-order valence-corrected chi connectivity index (χ0v) is 8.96. The summed E-state index contributed by atoms with van der Waals surface area (Å²) in [7, 11) is 0. The minimum Gasteiger partial charge on any atom is -0.378 e. The van der Waals surface area contributed by atoms with Crippen LogP contribution < -0.4 is 5.73 Å². The van der Waals surface area contributed by atoms with Crippen molar-refractivity contribution in [1.82, 2.24) is 0 Å². The summed E-state index contributed by atoms with van der Waals surface area (Å²) < 4.78 is 5.84. The zero-order valence-electron chi connectivity index (χ0n) is 8.96. The van der Waals surface area contributed by atoms with E-state index < -0.39 is 0 Å². The standard InChI is InChI=1S/C11H23NO/c1-3-9(4-2)8-13-11-6-5-10(12)7-11/h9-11H,3-8,12H2,1-2H3. The van der Waals surface area contributed by atoms with Gasteiger partial charge in [-0.2, -0.15) is 0 Å². The summed E-state index contributed by atoms with van der Waals surface area (Å²) in [6.45, 7) is 5.40. The molecule has 0 bridgehead atoms. The third-order valence-electron chi connectivity index (χ3n) is 3.15. The van der Waals surface area contributed by atoms with Crippen molar-refractivity contribution >= 4 is 0 Å². The Morgan fingerprint density at radius 2 is 2.00 bits per heavy atom. The fourth-order valence-corrected chi connectivity index (χ4v) is 1.92. The van der Waals surface area contributed by atoms with Crippen LogP contribution in [0.15, 0.2) is 0 Å². The van der Waals surface area contributed by atoms with Crippen molar-refractivity contribution in [2.24, 2.45) is 11.7 Å². The quantitative estimate of drug-likeness (QED) is 0.713. The van der Waals surface area contributed by atoms with Gasteiger partial charge in [-0.1, -0.05) is 26.7 Å². The van der Waals surface area contributed by atoms with Crippen LogP contribution in [0, 0.1) is 5.92 Å². The van der Waals surface area contributed by atoms with Gasteiger partial charge in [-0.3, -0.25) is 0 Å². The second-order valence-electron chi connectivity index (χ2n) is 4.21. The summed E-state index contributed by atoms with van der Waals surface area (Å²) in [5.41, 5.74) is 5.82. The molecule has 1 aliphatic carbocycles. The fraction of sp³-hybridized carbons (Fsp3) is 1.00. The second kappa shape index (κ2) is 5.61. The topological polar surface area (TPSA) is 35.2 Å². The molecule has 1 fully saturated rings. The molecular formula is C11H23NO. The smallest absolute Gasteiger partial charge is 0.0590 e. The lowest BCUT2D eigenvalue weighted by molar-refractivity contribution is 0.0310. The molecule has 0 aliphatic heterocycles. The Labute approximate surface area is 81.8 Å². The lowest BCUT2D eigenvalue weighted by atomic mass is 10.1. The van der Waals surface area contributed by atoms with Crippen molar-refractivity contribution in [2.45, 2.75) is 58.1 Å². The van der Waals surface area contributed by atoms with E-state index in [1.165, 1.54) is 19.3 Å². The molecule has 0 aromatic rings. The highest BCUT2D eigenvalue weighted by Crippen LogP contribution is 2.21. The van der Waals surface area contributed by atoms with Gasteiger partial charge in [-0.05, 0) is 25.2 Å². The Bertz CT molecular complexity index is 134. The largest absolute Gasteiger partial charge is 0.378 e. The molecule has 2 nitrogen and oxygen atoms in total. The average molecular weight is 185 g/mol. The molecule has 2 atom stereocenters. The average Bonchev–Trinajstić information content (AvgIpc) is 2.53. The molecule has 1 saturated carbocycles. The number of ether oxygens (including phenoxy) is 1. The first-order valence-corrected chi connectivity index (χ1v) is 5.63. The maximum atomic E-state index is 5.84. The molecule has 0 saturated heterocycles. The van der Waals surface area contributed by atoms with Crippen LogP contribution in [0.3, 0.4) is 0 Å². The van der Waals surface area contributed by atoms with Gasteiger partial charge in [-0.25, -0.2) is 0 Å². The lowest BCUT2D eigenvalue weighted by Crippen LogP contribution is -2.19. The summed E-state index contributed by atoms with van der Waals surface area (Å²) in [5, 5.41) is 0. The van der Waals surface area contributed by atoms with Gasteiger partial charge in [0, 0.05) is 12.6 Å². The first-order valence-electron chi connectivity index (χ1n) is 5.63. The molecule has 1 aliphatic rings. The van der Waals surface area contributed by atoms with Crippen LogP contribution in [0.4, 0.5) is 0 Å². The molecule has 0 heterocycles. The predicted octanol–water partition coefficient (Wildman–Crippen LogP) is 2.32. The molecule has 0 aromatic carbocycles. The summed E-state index contributed by atoms with van der Waals surface area (Å²) >= 11 is 0. The van der Waals surface area contributed by atoms with Crippen molar-refractivity contribution in [2.75, 3.05) is 6.61 Å². The monoisotopic (exact) mass is 185 g/mol. The van der Waals surface area contributed by atoms with E-state index in [9.17, 15) is 0 Å². The maximum Gasteiger partial charge on any atom is 0.0590 e. The first kappa shape index (κ1) is 11.0. The summed E-state index contributed by atoms with van der Waals surface area (Å²) in [5.74, 6) is 0.747. The number of hydrogen-bond donors (Lipinski definition) is 1. The van der Waals surface area contributed by atoms with Crippen molar-refractivity contribution in [3.8, 4) is 0 Å². The van der Waals surface area contributed by atoms with Crippen molar-refractivity contribution < 1.29 is 4.74 Å². The third-order valence-corrected chi connectivity index (χ3v) is 3.15. The predicted molar refractivity (Wildman–Crippen MR) is 55.6 cm³/mol. The Kier molecular flexibility index (Phi) is 4.74. The van der Waals surface area contributed by atoms with E-state index in [2.05, 4.69) is 13.8 Å². The summed E-state index contributed by atoms with van der Waals surface area (Å²) in [6.07, 6.45) is 6.30. The van der Waals surface area contributed by atoms with E-state index in [1.54, 1.807) is 0 Å². The van der Waals surface area contributed by atoms with E-state index in [0.717, 1.165) is 25.4 Å². The second-order valence-corrected chi connectivity index (χ2v) is 4.21. The van der Waals surface area contributed by atoms with E-state index in [0.29, 0.717) is 12.1 Å². The zero-order chi connectivity index (χ0) is 9.68. The van der Waals surface area contributed by atoms with E-state index >= 15 is 0 Å². The minimum atomic E-state index is 0.395. The Morgan fingerprint density at radius 1 is 1.31 bits per heavy atom. The van der Waals surface area contributed by atoms with Gasteiger partial charge < -0.3 is 10.5 Å². The molecule has 13 heavy (non-hydrogen) atoms. The Hall–Kier alpha value is -0.0800. The lowest BCUT2D eigenvalue weighted by Gasteiger charge is -2.16. The van der Waals surface area contributed by atoms with Crippen LogP contribution in [0.1, 0.15) is 46.0 Å². The molecule has 2 N–H and O–H groups in total. The Morgan fingerprint density at radius 3 is 2.46 bits per heavy atom. The van der Waals surface area contributed by atoms with Crippen LogP contribution in [0.25, 0.3) is 0 Å². The molecule has 2 unspecified atom stereocenters. The van der Waals surface area contributed by atoms with E-state index in [4.69, 9.17) is 10.5 Å². The molecule has 2 heteroatoms. The summed E-state index contributed by atoms with van der Waals surface area (Å²) in [6, 6.07) is 0.395. The van der Waals surface area contributed by atoms with Crippen LogP contribution in [0.2, 0.25) is 0 Å². The first-order chi connectivity index (χ1) is 6.26. The van der Waals surface area contributed by atoms with Crippen LogP contribution in [0.5, 0.6) is 0 Å². The molecule has 0 aromatic heterocycles. The number of hydrogen-bond acceptors (Lipinski definition) is 2. The van der Waals surface area contributed by atoms with E-state index in [-0.39, 0.29) is 0 Å². The normalized spacial score (nSPS) is 28.6. The molecular weight excluding hydrogens is 162 g/mol. The van der Waals surface area contributed by atoms with Gasteiger partial charge in [0.15, 0.2) is 0 Å². The highest BCUT2D eigenvalue weighted by molar-refractivity contribution is 4.78. The van der Waals surface area contributed by atoms with Gasteiger partial charge >= 0.3 is 0 Å². The van der Waals surface area contributed by atoms with Gasteiger partial charge in [0.2, 0.25) is 0 Å². The molecule has 0 radical (unpaired) electrons. The van der Waals surface area contributed by atoms with Gasteiger partial charge in [0.1, 0.15) is 0 Å². The minimum absolute atomic E-state index is 0.395. The van der Waals surface area contributed by atoms with Crippen LogP contribution in [-0.4, -0.2) is 18.8 Å². The van der Waals surface area contributed by atoms with Gasteiger partial charge in [-0.15, -0.1) is 0 Å². The van der Waals surface area contributed by atoms with Gasteiger partial charge in [0.25, 0.3) is 0 Å². The van der Waals surface area contributed by atoms with E-state index in [1.807, 2.05) is 0 Å².